The van der Waals surface area contributed by atoms with E-state index in [2.05, 4.69) is 25.1 Å². The highest BCUT2D eigenvalue weighted by Gasteiger charge is 2.53. The van der Waals surface area contributed by atoms with Gasteiger partial charge in [0.1, 0.15) is 22.7 Å². The van der Waals surface area contributed by atoms with E-state index in [1.165, 1.54) is 24.5 Å². The Balaban J connectivity index is 1.24. The molecule has 13 heteroatoms. The summed E-state index contributed by atoms with van der Waals surface area (Å²) in [6.07, 6.45) is 4.19. The van der Waals surface area contributed by atoms with Crippen LogP contribution in [0.4, 0.5) is 4.39 Å². The summed E-state index contributed by atoms with van der Waals surface area (Å²) in [5, 5.41) is 16.8. The average Bonchev–Trinajstić information content (AvgIpc) is 3.46. The van der Waals surface area contributed by atoms with Gasteiger partial charge in [-0.25, -0.2) is 19.2 Å². The van der Waals surface area contributed by atoms with Crippen LogP contribution in [-0.4, -0.2) is 71.4 Å². The predicted octanol–water partition coefficient (Wildman–Crippen LogP) is 3.13. The van der Waals surface area contributed by atoms with Crippen LogP contribution >= 0.6 is 11.6 Å². The number of carbonyl (C=O) groups is 3. The number of carboxylic acid groups (broad SMARTS) is 1. The number of fused-ring (bicyclic) bond motifs is 2. The van der Waals surface area contributed by atoms with Crippen LogP contribution in [0.1, 0.15) is 61.3 Å². The van der Waals surface area contributed by atoms with Gasteiger partial charge in [-0.1, -0.05) is 11.6 Å². The van der Waals surface area contributed by atoms with Gasteiger partial charge in [0.2, 0.25) is 0 Å². The molecule has 0 atom stereocenters. The van der Waals surface area contributed by atoms with E-state index in [1.54, 1.807) is 22.9 Å². The van der Waals surface area contributed by atoms with Crippen molar-refractivity contribution >= 4 is 40.3 Å². The Bertz CT molecular complexity index is 1590. The van der Waals surface area contributed by atoms with Crippen molar-refractivity contribution < 1.29 is 23.9 Å². The highest BCUT2D eigenvalue weighted by Crippen LogP contribution is 2.49. The van der Waals surface area contributed by atoms with E-state index < -0.39 is 17.3 Å². The second kappa shape index (κ2) is 8.62. The van der Waals surface area contributed by atoms with E-state index in [4.69, 9.17) is 16.7 Å². The molecule has 3 aromatic heterocycles. The van der Waals surface area contributed by atoms with Crippen molar-refractivity contribution in [1.29, 1.82) is 0 Å². The summed E-state index contributed by atoms with van der Waals surface area (Å²) in [6.45, 7) is 0.569. The second-order valence-electron chi connectivity index (χ2n) is 9.53. The van der Waals surface area contributed by atoms with Crippen LogP contribution in [-0.2, 0) is 18.5 Å². The maximum absolute atomic E-state index is 13.9. The Labute approximate surface area is 219 Å². The monoisotopic (exact) mass is 537 g/mol. The van der Waals surface area contributed by atoms with Crippen molar-refractivity contribution in [3.05, 3.63) is 75.5 Å². The standard InChI is InChI=1S/C25H21ClFN7O4/c1-33(25(3-4-25)24-28-9-13(10-29-24)23(37)38)22(36)20-14-11-34(5-2-17(14)31-32-20)21(35)19-7-12-6-16(27)15(26)8-18(12)30-19/h6-10,30H,2-5,11H2,1H3,(H,31,32)(H,37,38). The lowest BCUT2D eigenvalue weighted by Gasteiger charge is -2.29. The topological polar surface area (TPSA) is 148 Å². The number of carbonyl (C=O) groups excluding carboxylic acids is 2. The van der Waals surface area contributed by atoms with Gasteiger partial charge in [0, 0.05) is 48.9 Å². The molecule has 1 fully saturated rings. The fraction of sp³-hybridized carbons (Fsp3) is 0.280. The number of aromatic amines is 2. The van der Waals surface area contributed by atoms with Gasteiger partial charge in [-0.15, -0.1) is 0 Å². The average molecular weight is 538 g/mol. The third-order valence-corrected chi connectivity index (χ3v) is 7.59. The third-order valence-electron chi connectivity index (χ3n) is 7.30. The van der Waals surface area contributed by atoms with E-state index in [0.29, 0.717) is 53.8 Å². The summed E-state index contributed by atoms with van der Waals surface area (Å²) in [7, 11) is 1.65. The van der Waals surface area contributed by atoms with Crippen molar-refractivity contribution in [2.45, 2.75) is 31.3 Å². The van der Waals surface area contributed by atoms with E-state index in [0.717, 1.165) is 0 Å². The van der Waals surface area contributed by atoms with Crippen LogP contribution < -0.4 is 0 Å². The number of nitrogens with one attached hydrogen (secondary N) is 2. The highest BCUT2D eigenvalue weighted by molar-refractivity contribution is 6.31. The molecule has 1 aliphatic heterocycles. The number of hydrogen-bond acceptors (Lipinski definition) is 6. The molecule has 38 heavy (non-hydrogen) atoms. The van der Waals surface area contributed by atoms with Crippen LogP contribution in [0, 0.1) is 5.82 Å². The van der Waals surface area contributed by atoms with Gasteiger partial charge in [-0.2, -0.15) is 5.10 Å². The third kappa shape index (κ3) is 3.79. The fourth-order valence-corrected chi connectivity index (χ4v) is 5.08. The molecule has 11 nitrogen and oxygen atoms in total. The molecule has 1 aliphatic carbocycles. The molecule has 2 amide bonds. The molecule has 1 aromatic carbocycles. The Kier molecular flexibility index (Phi) is 5.45. The lowest BCUT2D eigenvalue weighted by molar-refractivity contribution is 0.0670. The largest absolute Gasteiger partial charge is 0.478 e. The number of halogens is 2. The van der Waals surface area contributed by atoms with E-state index in [1.807, 2.05) is 0 Å². The van der Waals surface area contributed by atoms with Gasteiger partial charge in [0.05, 0.1) is 22.8 Å². The maximum Gasteiger partial charge on any atom is 0.338 e. The number of aromatic carboxylic acids is 1. The summed E-state index contributed by atoms with van der Waals surface area (Å²) < 4.78 is 13.9. The first-order chi connectivity index (χ1) is 18.2. The smallest absolute Gasteiger partial charge is 0.338 e. The highest BCUT2D eigenvalue weighted by atomic mass is 35.5. The Morgan fingerprint density at radius 3 is 2.61 bits per heavy atom. The van der Waals surface area contributed by atoms with Gasteiger partial charge in [-0.3, -0.25) is 14.7 Å². The Morgan fingerprint density at radius 1 is 1.18 bits per heavy atom. The number of amides is 2. The minimum Gasteiger partial charge on any atom is -0.478 e. The predicted molar refractivity (Wildman–Crippen MR) is 132 cm³/mol. The minimum atomic E-state index is -1.13. The number of hydrogen-bond donors (Lipinski definition) is 3. The molecule has 1 saturated carbocycles. The van der Waals surface area contributed by atoms with E-state index in [9.17, 15) is 18.8 Å². The number of aromatic nitrogens is 5. The lowest BCUT2D eigenvalue weighted by Crippen LogP contribution is -2.40. The summed E-state index contributed by atoms with van der Waals surface area (Å²) in [5.41, 5.74) is 1.68. The van der Waals surface area contributed by atoms with Crippen LogP contribution in [0.3, 0.4) is 0 Å². The zero-order valence-electron chi connectivity index (χ0n) is 20.1. The van der Waals surface area contributed by atoms with Crippen LogP contribution in [0.15, 0.2) is 30.6 Å². The SMILES string of the molecule is CN(C(=O)c1[nH]nc2c1CN(C(=O)c1cc3cc(F)c(Cl)cc3[nH]1)CC2)C1(c2ncc(C(=O)O)cn2)CC1. The normalized spacial score (nSPS) is 15.8. The fourth-order valence-electron chi connectivity index (χ4n) is 4.92. The second-order valence-corrected chi connectivity index (χ2v) is 9.94. The summed E-state index contributed by atoms with van der Waals surface area (Å²) in [4.78, 5) is 52.6. The lowest BCUT2D eigenvalue weighted by atomic mass is 10.0. The van der Waals surface area contributed by atoms with Gasteiger partial charge in [-0.05, 0) is 31.0 Å². The molecule has 0 spiro atoms. The van der Waals surface area contributed by atoms with Crippen molar-refractivity contribution in [1.82, 2.24) is 34.9 Å². The quantitative estimate of drug-likeness (QED) is 0.354. The number of rotatable bonds is 5. The maximum atomic E-state index is 13.9. The first-order valence-electron chi connectivity index (χ1n) is 11.8. The summed E-state index contributed by atoms with van der Waals surface area (Å²) in [6, 6.07) is 4.29. The molecule has 4 heterocycles. The van der Waals surface area contributed by atoms with Crippen LogP contribution in [0.25, 0.3) is 10.9 Å². The minimum absolute atomic E-state index is 0.0332. The molecule has 0 bridgehead atoms. The first kappa shape index (κ1) is 24.0. The molecule has 4 aromatic rings. The van der Waals surface area contributed by atoms with Crippen LogP contribution in [0.2, 0.25) is 5.02 Å². The molecule has 6 rings (SSSR count). The van der Waals surface area contributed by atoms with E-state index >= 15 is 0 Å². The Morgan fingerprint density at radius 2 is 1.92 bits per heavy atom. The van der Waals surface area contributed by atoms with Crippen molar-refractivity contribution in [3.63, 3.8) is 0 Å². The first-order valence-corrected chi connectivity index (χ1v) is 12.2. The molecule has 2 aliphatic rings. The number of nitrogens with zero attached hydrogens (tertiary/aromatic N) is 5. The number of carboxylic acids is 1. The van der Waals surface area contributed by atoms with Crippen LogP contribution in [0.5, 0.6) is 0 Å². The molecule has 0 unspecified atom stereocenters. The number of H-pyrrole nitrogens is 2. The van der Waals surface area contributed by atoms with Crippen molar-refractivity contribution in [2.75, 3.05) is 13.6 Å². The molecule has 0 radical (unpaired) electrons. The zero-order chi connectivity index (χ0) is 26.8. The van der Waals surface area contributed by atoms with Gasteiger partial charge in [0.15, 0.2) is 5.82 Å². The zero-order valence-corrected chi connectivity index (χ0v) is 20.8. The summed E-state index contributed by atoms with van der Waals surface area (Å²) >= 11 is 5.87. The molecular formula is C25H21ClFN7O4. The van der Waals surface area contributed by atoms with Gasteiger partial charge < -0.3 is 19.9 Å². The van der Waals surface area contributed by atoms with Crippen molar-refractivity contribution in [2.24, 2.45) is 0 Å². The molecular weight excluding hydrogens is 517 g/mol. The molecule has 194 valence electrons. The molecule has 0 saturated heterocycles. The Hall–Kier alpha value is -4.32. The summed E-state index contributed by atoms with van der Waals surface area (Å²) in [5.74, 6) is -1.94. The van der Waals surface area contributed by atoms with Gasteiger partial charge >= 0.3 is 5.97 Å². The molecule has 3 N–H and O–H groups in total. The van der Waals surface area contributed by atoms with Crippen molar-refractivity contribution in [3.8, 4) is 0 Å². The van der Waals surface area contributed by atoms with E-state index in [-0.39, 0.29) is 40.3 Å². The van der Waals surface area contributed by atoms with Gasteiger partial charge in [0.25, 0.3) is 11.8 Å². The number of benzene rings is 1.